The van der Waals surface area contributed by atoms with Gasteiger partial charge in [0, 0.05) is 45.2 Å². The zero-order valence-corrected chi connectivity index (χ0v) is 14.5. The van der Waals surface area contributed by atoms with Crippen LogP contribution in [-0.2, 0) is 0 Å². The molecule has 0 saturated carbocycles. The van der Waals surface area contributed by atoms with Crippen molar-refractivity contribution < 1.29 is 13.2 Å². The van der Waals surface area contributed by atoms with Crippen LogP contribution in [-0.4, -0.2) is 67.7 Å². The van der Waals surface area contributed by atoms with Crippen molar-refractivity contribution in [1.82, 2.24) is 15.1 Å². The van der Waals surface area contributed by atoms with Crippen molar-refractivity contribution >= 4 is 5.96 Å². The van der Waals surface area contributed by atoms with Gasteiger partial charge in [-0.2, -0.15) is 13.2 Å². The third-order valence-electron chi connectivity index (χ3n) is 4.98. The number of nitrogens with one attached hydrogen (secondary N) is 1. The summed E-state index contributed by atoms with van der Waals surface area (Å²) in [6, 6.07) is 10.4. The van der Waals surface area contributed by atoms with Gasteiger partial charge in [0.1, 0.15) is 0 Å². The van der Waals surface area contributed by atoms with Crippen molar-refractivity contribution in [1.29, 1.82) is 0 Å². The maximum atomic E-state index is 12.5. The van der Waals surface area contributed by atoms with Gasteiger partial charge in [0.2, 0.25) is 0 Å². The van der Waals surface area contributed by atoms with E-state index in [9.17, 15) is 13.2 Å². The van der Waals surface area contributed by atoms with E-state index in [2.05, 4.69) is 39.5 Å². The summed E-state index contributed by atoms with van der Waals surface area (Å²) in [5.41, 5.74) is 1.33. The molecule has 0 aromatic heterocycles. The van der Waals surface area contributed by atoms with Crippen LogP contribution < -0.4 is 5.32 Å². The number of rotatable bonds is 3. The van der Waals surface area contributed by atoms with Crippen LogP contribution in [0.5, 0.6) is 0 Å². The van der Waals surface area contributed by atoms with Crippen LogP contribution in [0.1, 0.15) is 24.3 Å². The molecule has 3 rings (SSSR count). The predicted molar refractivity (Wildman–Crippen MR) is 92.8 cm³/mol. The third kappa shape index (κ3) is 4.87. The highest BCUT2D eigenvalue weighted by Gasteiger charge is 2.35. The van der Waals surface area contributed by atoms with Gasteiger partial charge in [0.25, 0.3) is 0 Å². The van der Waals surface area contributed by atoms with Crippen LogP contribution in [0.3, 0.4) is 0 Å². The molecule has 1 aromatic rings. The number of likely N-dealkylation sites (tertiary alicyclic amines) is 2. The molecular formula is C18H25F3N4. The molecule has 138 valence electrons. The molecule has 1 aromatic carbocycles. The third-order valence-corrected chi connectivity index (χ3v) is 4.98. The minimum absolute atomic E-state index is 0.0248. The first-order valence-corrected chi connectivity index (χ1v) is 8.77. The van der Waals surface area contributed by atoms with Gasteiger partial charge >= 0.3 is 6.18 Å². The van der Waals surface area contributed by atoms with Crippen LogP contribution in [0.15, 0.2) is 35.3 Å². The molecule has 7 heteroatoms. The summed E-state index contributed by atoms with van der Waals surface area (Å²) < 4.78 is 37.6. The number of benzene rings is 1. The Morgan fingerprint density at radius 2 is 1.92 bits per heavy atom. The van der Waals surface area contributed by atoms with Crippen LogP contribution in [0.25, 0.3) is 0 Å². The lowest BCUT2D eigenvalue weighted by atomic mass is 9.99. The molecule has 2 fully saturated rings. The summed E-state index contributed by atoms with van der Waals surface area (Å²) >= 11 is 0. The Morgan fingerprint density at radius 1 is 1.16 bits per heavy atom. The molecule has 1 N–H and O–H groups in total. The van der Waals surface area contributed by atoms with E-state index in [1.807, 2.05) is 6.07 Å². The fourth-order valence-corrected chi connectivity index (χ4v) is 3.78. The standard InChI is InChI=1S/C18H25F3N4/c1-22-17(23-16-8-9-24(12-16)13-18(19,20)21)25-10-7-15(11-25)14-5-3-2-4-6-14/h2-6,15-16H,7-13H2,1H3,(H,22,23). The Balaban J connectivity index is 1.52. The normalized spacial score (nSPS) is 25.6. The van der Waals surface area contributed by atoms with Crippen LogP contribution in [0, 0.1) is 0 Å². The van der Waals surface area contributed by atoms with Gasteiger partial charge in [-0.25, -0.2) is 0 Å². The quantitative estimate of drug-likeness (QED) is 0.669. The molecule has 2 aliphatic heterocycles. The van der Waals surface area contributed by atoms with Crippen molar-refractivity contribution in [3.05, 3.63) is 35.9 Å². The van der Waals surface area contributed by atoms with E-state index in [0.717, 1.165) is 25.5 Å². The largest absolute Gasteiger partial charge is 0.401 e. The first-order chi connectivity index (χ1) is 11.9. The highest BCUT2D eigenvalue weighted by atomic mass is 19.4. The zero-order chi connectivity index (χ0) is 17.9. The fraction of sp³-hybridized carbons (Fsp3) is 0.611. The second-order valence-corrected chi connectivity index (χ2v) is 6.87. The number of aliphatic imine (C=N–C) groups is 1. The first-order valence-electron chi connectivity index (χ1n) is 8.77. The molecule has 0 spiro atoms. The SMILES string of the molecule is CN=C(NC1CCN(CC(F)(F)F)C1)N1CCC(c2ccccc2)C1. The van der Waals surface area contributed by atoms with Crippen molar-refractivity contribution in [3.8, 4) is 0 Å². The predicted octanol–water partition coefficient (Wildman–Crippen LogP) is 2.69. The molecule has 2 saturated heterocycles. The lowest BCUT2D eigenvalue weighted by Gasteiger charge is -2.25. The highest BCUT2D eigenvalue weighted by molar-refractivity contribution is 5.80. The Labute approximate surface area is 146 Å². The molecule has 0 aliphatic carbocycles. The second kappa shape index (κ2) is 7.64. The topological polar surface area (TPSA) is 30.9 Å². The summed E-state index contributed by atoms with van der Waals surface area (Å²) in [4.78, 5) is 8.02. The van der Waals surface area contributed by atoms with Gasteiger partial charge in [-0.3, -0.25) is 9.89 Å². The lowest BCUT2D eigenvalue weighted by molar-refractivity contribution is -0.143. The Hall–Kier alpha value is -1.76. The van der Waals surface area contributed by atoms with Crippen molar-refractivity contribution in [2.24, 2.45) is 4.99 Å². The van der Waals surface area contributed by atoms with Gasteiger partial charge in [-0.15, -0.1) is 0 Å². The minimum Gasteiger partial charge on any atom is -0.352 e. The van der Waals surface area contributed by atoms with Crippen molar-refractivity contribution in [2.75, 3.05) is 39.8 Å². The van der Waals surface area contributed by atoms with Crippen molar-refractivity contribution in [3.63, 3.8) is 0 Å². The van der Waals surface area contributed by atoms with E-state index in [-0.39, 0.29) is 6.04 Å². The van der Waals surface area contributed by atoms with Gasteiger partial charge in [-0.1, -0.05) is 30.3 Å². The summed E-state index contributed by atoms with van der Waals surface area (Å²) in [5.74, 6) is 1.28. The van der Waals surface area contributed by atoms with Crippen molar-refractivity contribution in [2.45, 2.75) is 31.0 Å². The maximum absolute atomic E-state index is 12.5. The van der Waals surface area contributed by atoms with Gasteiger partial charge in [0.05, 0.1) is 6.54 Å². The van der Waals surface area contributed by atoms with Gasteiger partial charge in [0.15, 0.2) is 5.96 Å². The number of nitrogens with zero attached hydrogens (tertiary/aromatic N) is 3. The number of guanidine groups is 1. The second-order valence-electron chi connectivity index (χ2n) is 6.87. The van der Waals surface area contributed by atoms with Crippen LogP contribution in [0.4, 0.5) is 13.2 Å². The molecule has 2 heterocycles. The van der Waals surface area contributed by atoms with E-state index >= 15 is 0 Å². The minimum atomic E-state index is -4.13. The maximum Gasteiger partial charge on any atom is 0.401 e. The van der Waals surface area contributed by atoms with E-state index in [0.29, 0.717) is 25.4 Å². The summed E-state index contributed by atoms with van der Waals surface area (Å²) in [6.45, 7) is 1.86. The average Bonchev–Trinajstić information content (AvgIpc) is 3.21. The van der Waals surface area contributed by atoms with E-state index in [4.69, 9.17) is 0 Å². The number of hydrogen-bond acceptors (Lipinski definition) is 2. The molecule has 2 atom stereocenters. The van der Waals surface area contributed by atoms with Crippen LogP contribution >= 0.6 is 0 Å². The lowest BCUT2D eigenvalue weighted by Crippen LogP contribution is -2.46. The smallest absolute Gasteiger partial charge is 0.352 e. The molecule has 25 heavy (non-hydrogen) atoms. The van der Waals surface area contributed by atoms with E-state index in [1.54, 1.807) is 7.05 Å². The Morgan fingerprint density at radius 3 is 2.60 bits per heavy atom. The summed E-state index contributed by atoms with van der Waals surface area (Å²) in [6.07, 6.45) is -2.35. The fourth-order valence-electron chi connectivity index (χ4n) is 3.78. The number of halogens is 3. The van der Waals surface area contributed by atoms with E-state index in [1.165, 1.54) is 10.5 Å². The molecular weight excluding hydrogens is 329 g/mol. The highest BCUT2D eigenvalue weighted by Crippen LogP contribution is 2.27. The van der Waals surface area contributed by atoms with E-state index < -0.39 is 12.7 Å². The monoisotopic (exact) mass is 354 g/mol. The molecule has 0 amide bonds. The summed E-state index contributed by atoms with van der Waals surface area (Å²) in [5, 5.41) is 3.36. The molecule has 2 unspecified atom stereocenters. The average molecular weight is 354 g/mol. The summed E-state index contributed by atoms with van der Waals surface area (Å²) in [7, 11) is 1.74. The van der Waals surface area contributed by atoms with Gasteiger partial charge < -0.3 is 10.2 Å². The molecule has 0 radical (unpaired) electrons. The molecule has 2 aliphatic rings. The van der Waals surface area contributed by atoms with Gasteiger partial charge in [-0.05, 0) is 18.4 Å². The number of hydrogen-bond donors (Lipinski definition) is 1. The number of alkyl halides is 3. The zero-order valence-electron chi connectivity index (χ0n) is 14.5. The molecule has 0 bridgehead atoms. The first kappa shape index (κ1) is 18.0. The van der Waals surface area contributed by atoms with Crippen LogP contribution in [0.2, 0.25) is 0 Å². The molecule has 4 nitrogen and oxygen atoms in total. The Bertz CT molecular complexity index is 588. The Kier molecular flexibility index (Phi) is 5.51.